The molecule has 2 unspecified atom stereocenters. The first-order chi connectivity index (χ1) is 10.6. The third-order valence-electron chi connectivity index (χ3n) is 3.79. The number of hydrogen-bond donors (Lipinski definition) is 0. The second kappa shape index (κ2) is 8.12. The van der Waals surface area contributed by atoms with Gasteiger partial charge in [0.05, 0.1) is 25.0 Å². The summed E-state index contributed by atoms with van der Waals surface area (Å²) >= 11 is 0. The molecule has 1 aliphatic rings. The number of hydrogen-bond acceptors (Lipinski definition) is 6. The van der Waals surface area contributed by atoms with E-state index in [-0.39, 0.29) is 0 Å². The van der Waals surface area contributed by atoms with E-state index in [0.29, 0.717) is 39.1 Å². The summed E-state index contributed by atoms with van der Waals surface area (Å²) in [5, 5.41) is -2.00. The summed E-state index contributed by atoms with van der Waals surface area (Å²) in [7, 11) is -6.98. The van der Waals surface area contributed by atoms with E-state index in [1.54, 1.807) is 6.92 Å². The lowest BCUT2D eigenvalue weighted by molar-refractivity contribution is 0.0953. The van der Waals surface area contributed by atoms with Crippen molar-refractivity contribution < 1.29 is 27.2 Å². The summed E-state index contributed by atoms with van der Waals surface area (Å²) in [5.41, 5.74) is 0. The van der Waals surface area contributed by atoms with Crippen LogP contribution >= 0.6 is 15.2 Å². The highest BCUT2D eigenvalue weighted by Crippen LogP contribution is 2.79. The lowest BCUT2D eigenvalue weighted by Crippen LogP contribution is -2.28. The fourth-order valence-corrected chi connectivity index (χ4v) is 7.66. The molecule has 0 aromatic rings. The van der Waals surface area contributed by atoms with Crippen molar-refractivity contribution in [3.05, 3.63) is 0 Å². The zero-order valence-corrected chi connectivity index (χ0v) is 17.1. The highest BCUT2D eigenvalue weighted by Gasteiger charge is 2.66. The normalized spacial score (nSPS) is 30.7. The monoisotopic (exact) mass is 370 g/mol. The summed E-state index contributed by atoms with van der Waals surface area (Å²) in [4.78, 5) is 0. The van der Waals surface area contributed by atoms with E-state index < -0.39 is 25.7 Å². The van der Waals surface area contributed by atoms with Crippen LogP contribution in [0.4, 0.5) is 0 Å². The molecule has 2 atom stereocenters. The molecular weight excluding hydrogens is 338 g/mol. The van der Waals surface area contributed by atoms with Gasteiger partial charge in [0.1, 0.15) is 0 Å². The average molecular weight is 370 g/mol. The van der Waals surface area contributed by atoms with Gasteiger partial charge in [0.15, 0.2) is 5.34 Å². The van der Waals surface area contributed by atoms with Gasteiger partial charge in [-0.25, -0.2) is 0 Å². The Balaban J connectivity index is 3.11. The van der Waals surface area contributed by atoms with Crippen LogP contribution in [0.15, 0.2) is 0 Å². The third kappa shape index (κ3) is 4.48. The Labute approximate surface area is 140 Å². The van der Waals surface area contributed by atoms with Crippen LogP contribution < -0.4 is 0 Å². The van der Waals surface area contributed by atoms with Crippen molar-refractivity contribution in [3.8, 4) is 0 Å². The fraction of sp³-hybridized carbons (Fsp3) is 1.00. The minimum atomic E-state index is -3.58. The van der Waals surface area contributed by atoms with Crippen molar-refractivity contribution in [1.82, 2.24) is 0 Å². The number of rotatable bonds is 10. The quantitative estimate of drug-likeness (QED) is 0.468. The fourth-order valence-electron chi connectivity index (χ4n) is 2.61. The zero-order chi connectivity index (χ0) is 17.8. The topological polar surface area (TPSA) is 71.1 Å². The molecule has 1 heterocycles. The van der Waals surface area contributed by atoms with E-state index in [1.165, 1.54) is 0 Å². The van der Waals surface area contributed by atoms with Crippen LogP contribution in [0.1, 0.15) is 67.2 Å². The predicted octanol–water partition coefficient (Wildman–Crippen LogP) is 5.57. The van der Waals surface area contributed by atoms with Crippen molar-refractivity contribution in [1.29, 1.82) is 0 Å². The van der Waals surface area contributed by atoms with Gasteiger partial charge in [-0.2, -0.15) is 0 Å². The van der Waals surface area contributed by atoms with E-state index in [1.807, 2.05) is 34.6 Å². The minimum Gasteiger partial charge on any atom is -0.308 e. The molecule has 0 radical (unpaired) electrons. The van der Waals surface area contributed by atoms with Gasteiger partial charge in [-0.15, -0.1) is 0 Å². The molecule has 1 aliphatic heterocycles. The van der Waals surface area contributed by atoms with E-state index in [9.17, 15) is 9.13 Å². The van der Waals surface area contributed by atoms with Crippen LogP contribution in [0.2, 0.25) is 0 Å². The van der Waals surface area contributed by atoms with Gasteiger partial charge in [0.2, 0.25) is 0 Å². The average Bonchev–Trinajstić information content (AvgIpc) is 2.67. The van der Waals surface area contributed by atoms with Crippen molar-refractivity contribution in [2.45, 2.75) is 77.7 Å². The van der Waals surface area contributed by atoms with Crippen molar-refractivity contribution in [2.24, 2.45) is 0 Å². The summed E-state index contributed by atoms with van der Waals surface area (Å²) in [6.45, 7) is 12.1. The molecule has 138 valence electrons. The van der Waals surface area contributed by atoms with E-state index in [4.69, 9.17) is 18.1 Å². The molecule has 1 rings (SSSR count). The van der Waals surface area contributed by atoms with E-state index >= 15 is 0 Å². The van der Waals surface area contributed by atoms with Gasteiger partial charge < -0.3 is 13.6 Å². The first-order valence-electron chi connectivity index (χ1n) is 8.44. The van der Waals surface area contributed by atoms with Gasteiger partial charge in [0, 0.05) is 6.42 Å². The van der Waals surface area contributed by atoms with Gasteiger partial charge in [-0.3, -0.25) is 13.7 Å². The Hall–Kier alpha value is 0.300. The molecule has 0 bridgehead atoms. The Kier molecular flexibility index (Phi) is 7.53. The maximum atomic E-state index is 13.4. The van der Waals surface area contributed by atoms with Gasteiger partial charge in [0.25, 0.3) is 0 Å². The molecule has 0 saturated carbocycles. The summed E-state index contributed by atoms with van der Waals surface area (Å²) in [5.74, 6) is 0. The molecule has 6 nitrogen and oxygen atoms in total. The van der Waals surface area contributed by atoms with Gasteiger partial charge in [-0.05, 0) is 40.0 Å². The van der Waals surface area contributed by atoms with Crippen molar-refractivity contribution in [2.75, 3.05) is 19.8 Å². The Morgan fingerprint density at radius 3 is 1.91 bits per heavy atom. The molecule has 0 N–H and O–H groups in total. The van der Waals surface area contributed by atoms with Crippen LogP contribution in [-0.2, 0) is 27.2 Å². The maximum absolute atomic E-state index is 13.4. The first kappa shape index (κ1) is 21.3. The smallest absolute Gasteiger partial charge is 0.308 e. The van der Waals surface area contributed by atoms with E-state index in [0.717, 1.165) is 6.42 Å². The molecule has 8 heteroatoms. The van der Waals surface area contributed by atoms with Crippen LogP contribution in [0.25, 0.3) is 0 Å². The molecule has 0 aliphatic carbocycles. The summed E-state index contributed by atoms with van der Waals surface area (Å²) < 4.78 is 49.1. The van der Waals surface area contributed by atoms with Gasteiger partial charge >= 0.3 is 15.2 Å². The lowest BCUT2D eigenvalue weighted by Gasteiger charge is -2.32. The van der Waals surface area contributed by atoms with Crippen molar-refractivity contribution >= 4 is 15.2 Å². The van der Waals surface area contributed by atoms with E-state index in [2.05, 4.69) is 0 Å². The Bertz CT molecular complexity index is 467. The maximum Gasteiger partial charge on any atom is 0.362 e. The molecule has 0 aromatic carbocycles. The standard InChI is InChI=1S/C15H32O6P2/c1-7-10-18-22(16)14(4,5)13-15(6,21-22)23(17,19-11-8-2)20-12-9-3/h7-13H2,1-6H3. The highest BCUT2D eigenvalue weighted by molar-refractivity contribution is 7.60. The largest absolute Gasteiger partial charge is 0.362 e. The molecule has 0 spiro atoms. The molecule has 1 saturated heterocycles. The molecule has 23 heavy (non-hydrogen) atoms. The first-order valence-corrected chi connectivity index (χ1v) is 11.5. The minimum absolute atomic E-state index is 0.297. The predicted molar refractivity (Wildman–Crippen MR) is 92.1 cm³/mol. The Morgan fingerprint density at radius 2 is 1.48 bits per heavy atom. The molecule has 1 fully saturated rings. The molecular formula is C15H32O6P2. The SMILES string of the molecule is CCCOP1(=O)OC(C)(P(=O)(OCCC)OCCC)CC1(C)C. The lowest BCUT2D eigenvalue weighted by atomic mass is 10.1. The second-order valence-electron chi connectivity index (χ2n) is 6.75. The molecule has 0 aromatic heterocycles. The summed E-state index contributed by atoms with van der Waals surface area (Å²) in [6, 6.07) is 0. The molecule has 0 amide bonds. The third-order valence-corrected chi connectivity index (χ3v) is 9.20. The summed E-state index contributed by atoms with van der Waals surface area (Å²) in [6.07, 6.45) is 2.45. The highest BCUT2D eigenvalue weighted by atomic mass is 31.2. The zero-order valence-electron chi connectivity index (χ0n) is 15.3. The second-order valence-corrected chi connectivity index (χ2v) is 11.9. The van der Waals surface area contributed by atoms with Crippen LogP contribution in [0.3, 0.4) is 0 Å². The van der Waals surface area contributed by atoms with Crippen LogP contribution in [0, 0.1) is 0 Å². The Morgan fingerprint density at radius 1 is 1.00 bits per heavy atom. The van der Waals surface area contributed by atoms with Crippen molar-refractivity contribution in [3.63, 3.8) is 0 Å². The van der Waals surface area contributed by atoms with Crippen LogP contribution in [-0.4, -0.2) is 30.3 Å². The van der Waals surface area contributed by atoms with Crippen LogP contribution in [0.5, 0.6) is 0 Å². The van der Waals surface area contributed by atoms with Gasteiger partial charge in [-0.1, -0.05) is 20.8 Å².